The van der Waals surface area contributed by atoms with Crippen molar-refractivity contribution in [2.24, 2.45) is 5.84 Å². The molecule has 1 fully saturated rings. The van der Waals surface area contributed by atoms with Gasteiger partial charge in [0, 0.05) is 6.42 Å². The van der Waals surface area contributed by atoms with E-state index in [0.717, 1.165) is 23.5 Å². The minimum absolute atomic E-state index is 0.0986. The highest BCUT2D eigenvalue weighted by Gasteiger charge is 2.26. The van der Waals surface area contributed by atoms with E-state index in [2.05, 4.69) is 5.43 Å². The average molecular weight is 280 g/mol. The topological polar surface area (TPSA) is 75.0 Å². The Kier molecular flexibility index (Phi) is 4.37. The second kappa shape index (κ2) is 6.41. The first-order valence-electron chi connectivity index (χ1n) is 6.93. The van der Waals surface area contributed by atoms with Gasteiger partial charge in [-0.3, -0.25) is 11.3 Å². The van der Waals surface area contributed by atoms with Gasteiger partial charge in [0.2, 0.25) is 0 Å². The zero-order valence-electron chi connectivity index (χ0n) is 11.3. The number of rotatable bonds is 3. The van der Waals surface area contributed by atoms with Gasteiger partial charge in [0.25, 0.3) is 0 Å². The summed E-state index contributed by atoms with van der Waals surface area (Å²) in [5.41, 5.74) is 3.82. The van der Waals surface area contributed by atoms with Crippen LogP contribution in [0.4, 0.5) is 0 Å². The van der Waals surface area contributed by atoms with Crippen molar-refractivity contribution in [3.05, 3.63) is 23.8 Å². The van der Waals surface area contributed by atoms with Gasteiger partial charge in [0.05, 0.1) is 39.1 Å². The molecule has 1 aromatic carbocycles. The maximum atomic E-state index is 5.71. The molecule has 0 saturated carbocycles. The van der Waals surface area contributed by atoms with Crippen molar-refractivity contribution in [2.75, 3.05) is 33.0 Å². The highest BCUT2D eigenvalue weighted by atomic mass is 16.6. The number of hydrazine groups is 1. The maximum absolute atomic E-state index is 5.71. The van der Waals surface area contributed by atoms with Gasteiger partial charge in [-0.15, -0.1) is 0 Å². The second-order valence-corrected chi connectivity index (χ2v) is 4.89. The molecule has 20 heavy (non-hydrogen) atoms. The molecule has 6 heteroatoms. The van der Waals surface area contributed by atoms with Crippen LogP contribution in [0.1, 0.15) is 18.0 Å². The van der Waals surface area contributed by atoms with Crippen LogP contribution in [0.15, 0.2) is 18.2 Å². The van der Waals surface area contributed by atoms with Gasteiger partial charge in [0.1, 0.15) is 6.10 Å². The molecule has 0 aromatic heterocycles. The third kappa shape index (κ3) is 2.88. The summed E-state index contributed by atoms with van der Waals surface area (Å²) in [5.74, 6) is 7.23. The van der Waals surface area contributed by atoms with Gasteiger partial charge in [-0.1, -0.05) is 6.07 Å². The maximum Gasteiger partial charge on any atom is 0.161 e. The van der Waals surface area contributed by atoms with Crippen LogP contribution in [0.3, 0.4) is 0 Å². The molecule has 0 spiro atoms. The van der Waals surface area contributed by atoms with Crippen molar-refractivity contribution >= 4 is 0 Å². The number of hydrogen-bond donors (Lipinski definition) is 2. The van der Waals surface area contributed by atoms with E-state index in [1.54, 1.807) is 0 Å². The second-order valence-electron chi connectivity index (χ2n) is 4.89. The van der Waals surface area contributed by atoms with E-state index in [1.165, 1.54) is 0 Å². The normalized spacial score (nSPS) is 23.9. The van der Waals surface area contributed by atoms with Crippen LogP contribution in [0.25, 0.3) is 0 Å². The lowest BCUT2D eigenvalue weighted by atomic mass is 10.0. The molecular formula is C14H20N2O4. The van der Waals surface area contributed by atoms with Gasteiger partial charge >= 0.3 is 0 Å². The monoisotopic (exact) mass is 280 g/mol. The lowest BCUT2D eigenvalue weighted by molar-refractivity contribution is -0.102. The third-order valence-corrected chi connectivity index (χ3v) is 3.52. The number of ether oxygens (including phenoxy) is 4. The Balaban J connectivity index is 1.82. The number of benzene rings is 1. The summed E-state index contributed by atoms with van der Waals surface area (Å²) in [5, 5.41) is 0. The Bertz CT molecular complexity index is 449. The van der Waals surface area contributed by atoms with E-state index in [-0.39, 0.29) is 12.1 Å². The smallest absolute Gasteiger partial charge is 0.161 e. The quantitative estimate of drug-likeness (QED) is 0.629. The molecule has 1 saturated heterocycles. The standard InChI is InChI=1S/C14H20N2O4/c15-16-14(13-9-17-6-7-20-13)10-2-3-11-12(8-10)19-5-1-4-18-11/h2-3,8,13-14,16H,1,4-7,9,15H2. The Labute approximate surface area is 118 Å². The molecule has 0 amide bonds. The fraction of sp³-hybridized carbons (Fsp3) is 0.571. The molecule has 6 nitrogen and oxygen atoms in total. The van der Waals surface area contributed by atoms with Gasteiger partial charge in [0.15, 0.2) is 11.5 Å². The number of hydrogen-bond acceptors (Lipinski definition) is 6. The van der Waals surface area contributed by atoms with E-state index < -0.39 is 0 Å². The average Bonchev–Trinajstić information content (AvgIpc) is 2.74. The molecule has 0 radical (unpaired) electrons. The molecule has 0 aliphatic carbocycles. The lowest BCUT2D eigenvalue weighted by Gasteiger charge is -2.30. The van der Waals surface area contributed by atoms with E-state index in [0.29, 0.717) is 33.0 Å². The molecule has 110 valence electrons. The van der Waals surface area contributed by atoms with Gasteiger partial charge in [-0.2, -0.15) is 0 Å². The molecule has 2 unspecified atom stereocenters. The predicted octanol–water partition coefficient (Wildman–Crippen LogP) is 0.768. The summed E-state index contributed by atoms with van der Waals surface area (Å²) in [4.78, 5) is 0. The minimum atomic E-state index is -0.132. The molecule has 0 bridgehead atoms. The third-order valence-electron chi connectivity index (χ3n) is 3.52. The Morgan fingerprint density at radius 2 is 1.95 bits per heavy atom. The summed E-state index contributed by atoms with van der Waals surface area (Å²) in [6, 6.07) is 5.73. The number of nitrogens with one attached hydrogen (secondary N) is 1. The highest BCUT2D eigenvalue weighted by Crippen LogP contribution is 2.33. The molecule has 3 rings (SSSR count). The summed E-state index contributed by atoms with van der Waals surface area (Å²) < 4.78 is 22.5. The highest BCUT2D eigenvalue weighted by molar-refractivity contribution is 5.44. The van der Waals surface area contributed by atoms with Crippen LogP contribution in [0.2, 0.25) is 0 Å². The van der Waals surface area contributed by atoms with E-state index in [1.807, 2.05) is 18.2 Å². The Morgan fingerprint density at radius 1 is 1.10 bits per heavy atom. The first-order valence-corrected chi connectivity index (χ1v) is 6.93. The van der Waals surface area contributed by atoms with E-state index in [4.69, 9.17) is 24.8 Å². The molecule has 2 aliphatic heterocycles. The molecule has 2 atom stereocenters. The van der Waals surface area contributed by atoms with Crippen LogP contribution in [0.5, 0.6) is 11.5 Å². The van der Waals surface area contributed by atoms with Gasteiger partial charge < -0.3 is 18.9 Å². The Hall–Kier alpha value is -1.34. The van der Waals surface area contributed by atoms with Crippen LogP contribution >= 0.6 is 0 Å². The fourth-order valence-electron chi connectivity index (χ4n) is 2.49. The summed E-state index contributed by atoms with van der Waals surface area (Å²) >= 11 is 0. The van der Waals surface area contributed by atoms with Crippen LogP contribution in [-0.2, 0) is 9.47 Å². The Morgan fingerprint density at radius 3 is 2.70 bits per heavy atom. The predicted molar refractivity (Wildman–Crippen MR) is 72.7 cm³/mol. The first-order chi connectivity index (χ1) is 9.88. The van der Waals surface area contributed by atoms with Crippen molar-refractivity contribution in [2.45, 2.75) is 18.6 Å². The van der Waals surface area contributed by atoms with Crippen LogP contribution < -0.4 is 20.7 Å². The van der Waals surface area contributed by atoms with Crippen molar-refractivity contribution < 1.29 is 18.9 Å². The van der Waals surface area contributed by atoms with E-state index >= 15 is 0 Å². The van der Waals surface area contributed by atoms with Crippen molar-refractivity contribution in [1.82, 2.24) is 5.43 Å². The SMILES string of the molecule is NNC(c1ccc2c(c1)OCCCO2)C1COCCO1. The van der Waals surface area contributed by atoms with E-state index in [9.17, 15) is 0 Å². The lowest BCUT2D eigenvalue weighted by Crippen LogP contribution is -2.43. The van der Waals surface area contributed by atoms with Crippen molar-refractivity contribution in [1.29, 1.82) is 0 Å². The van der Waals surface area contributed by atoms with Crippen molar-refractivity contribution in [3.63, 3.8) is 0 Å². The van der Waals surface area contributed by atoms with Crippen LogP contribution in [-0.4, -0.2) is 39.1 Å². The molecule has 2 aliphatic rings. The fourth-order valence-corrected chi connectivity index (χ4v) is 2.49. The molecule has 1 aromatic rings. The molecule has 2 heterocycles. The largest absolute Gasteiger partial charge is 0.490 e. The molecule has 3 N–H and O–H groups in total. The molecular weight excluding hydrogens is 260 g/mol. The first kappa shape index (κ1) is 13.6. The van der Waals surface area contributed by atoms with Crippen molar-refractivity contribution in [3.8, 4) is 11.5 Å². The zero-order valence-corrected chi connectivity index (χ0v) is 11.3. The summed E-state index contributed by atoms with van der Waals surface area (Å²) in [6.45, 7) is 3.11. The summed E-state index contributed by atoms with van der Waals surface area (Å²) in [6.07, 6.45) is 0.792. The minimum Gasteiger partial charge on any atom is -0.490 e. The van der Waals surface area contributed by atoms with Gasteiger partial charge in [-0.05, 0) is 17.7 Å². The number of fused-ring (bicyclic) bond motifs is 1. The zero-order chi connectivity index (χ0) is 13.8. The van der Waals surface area contributed by atoms with Crippen LogP contribution in [0, 0.1) is 0 Å². The van der Waals surface area contributed by atoms with Gasteiger partial charge in [-0.25, -0.2) is 0 Å². The summed E-state index contributed by atoms with van der Waals surface area (Å²) in [7, 11) is 0. The number of nitrogens with two attached hydrogens (primary N) is 1.